The minimum absolute atomic E-state index is 0.116. The number of amides is 1. The lowest BCUT2D eigenvalue weighted by Gasteiger charge is -2.26. The number of ether oxygens (including phenoxy) is 1. The van der Waals surface area contributed by atoms with Gasteiger partial charge in [0.15, 0.2) is 0 Å². The van der Waals surface area contributed by atoms with Crippen molar-refractivity contribution in [1.29, 1.82) is 0 Å². The summed E-state index contributed by atoms with van der Waals surface area (Å²) in [4.78, 5) is 15.1. The number of benzene rings is 2. The van der Waals surface area contributed by atoms with Crippen LogP contribution in [-0.2, 0) is 26.1 Å². The van der Waals surface area contributed by atoms with E-state index < -0.39 is 10.0 Å². The van der Waals surface area contributed by atoms with Crippen molar-refractivity contribution < 1.29 is 17.9 Å². The zero-order valence-corrected chi connectivity index (χ0v) is 20.7. The highest BCUT2D eigenvalue weighted by Gasteiger charge is 2.27. The first kappa shape index (κ1) is 24.9. The zero-order chi connectivity index (χ0) is 23.0. The molecule has 9 heteroatoms. The molecule has 1 N–H and O–H groups in total. The number of rotatable bonds is 10. The lowest BCUT2D eigenvalue weighted by molar-refractivity contribution is -0.121. The highest BCUT2D eigenvalue weighted by molar-refractivity contribution is 9.10. The molecule has 1 amide bonds. The van der Waals surface area contributed by atoms with Crippen LogP contribution < -0.4 is 5.32 Å². The fourth-order valence-electron chi connectivity index (χ4n) is 3.45. The third kappa shape index (κ3) is 7.38. The molecule has 174 valence electrons. The number of aryl methyl sites for hydroxylation is 1. The van der Waals surface area contributed by atoms with E-state index in [0.29, 0.717) is 6.54 Å². The molecule has 0 atom stereocenters. The number of nitrogens with one attached hydrogen (secondary N) is 1. The number of halogens is 1. The minimum atomic E-state index is -3.83. The normalized spacial score (nSPS) is 15.1. The second-order valence-electron chi connectivity index (χ2n) is 7.87. The van der Waals surface area contributed by atoms with Crippen molar-refractivity contribution in [2.24, 2.45) is 0 Å². The molecule has 0 radical (unpaired) electrons. The molecule has 1 saturated heterocycles. The van der Waals surface area contributed by atoms with Crippen LogP contribution in [0.5, 0.6) is 0 Å². The molecular formula is C23H30BrN3O4S. The number of carbonyl (C=O) groups is 1. The highest BCUT2D eigenvalue weighted by atomic mass is 79.9. The Morgan fingerprint density at radius 3 is 2.41 bits per heavy atom. The molecule has 2 aromatic rings. The van der Waals surface area contributed by atoms with Crippen LogP contribution in [-0.4, -0.2) is 69.5 Å². The van der Waals surface area contributed by atoms with Crippen LogP contribution in [0.4, 0.5) is 0 Å². The molecule has 7 nitrogen and oxygen atoms in total. The summed E-state index contributed by atoms with van der Waals surface area (Å²) in [7, 11) is -3.83. The van der Waals surface area contributed by atoms with E-state index in [4.69, 9.17) is 4.74 Å². The maximum absolute atomic E-state index is 13.3. The first-order valence-corrected chi connectivity index (χ1v) is 13.0. The van der Waals surface area contributed by atoms with Crippen molar-refractivity contribution in [2.45, 2.75) is 24.8 Å². The Labute approximate surface area is 198 Å². The smallest absolute Gasteiger partial charge is 0.243 e. The topological polar surface area (TPSA) is 79.0 Å². The van der Waals surface area contributed by atoms with Crippen LogP contribution in [0.3, 0.4) is 0 Å². The summed E-state index contributed by atoms with van der Waals surface area (Å²) in [5.41, 5.74) is 1.78. The third-order valence-corrected chi connectivity index (χ3v) is 7.66. The van der Waals surface area contributed by atoms with Gasteiger partial charge in [0.25, 0.3) is 0 Å². The summed E-state index contributed by atoms with van der Waals surface area (Å²) >= 11 is 3.39. The Morgan fingerprint density at radius 1 is 1.09 bits per heavy atom. The van der Waals surface area contributed by atoms with Crippen LogP contribution in [0.1, 0.15) is 17.5 Å². The number of sulfonamides is 1. The van der Waals surface area contributed by atoms with Crippen molar-refractivity contribution in [1.82, 2.24) is 14.5 Å². The van der Waals surface area contributed by atoms with Crippen molar-refractivity contribution >= 4 is 31.9 Å². The van der Waals surface area contributed by atoms with Gasteiger partial charge in [-0.05, 0) is 49.7 Å². The third-order valence-electron chi connectivity index (χ3n) is 5.33. The Bertz CT molecular complexity index is 975. The lowest BCUT2D eigenvalue weighted by atomic mass is 10.2. The number of hydrogen-bond donors (Lipinski definition) is 1. The predicted molar refractivity (Wildman–Crippen MR) is 128 cm³/mol. The van der Waals surface area contributed by atoms with Gasteiger partial charge in [0.05, 0.1) is 24.7 Å². The van der Waals surface area contributed by atoms with Crippen molar-refractivity contribution in [3.05, 3.63) is 64.1 Å². The quantitative estimate of drug-likeness (QED) is 0.484. The van der Waals surface area contributed by atoms with Crippen molar-refractivity contribution in [3.63, 3.8) is 0 Å². The number of morpholine rings is 1. The molecule has 2 aromatic carbocycles. The number of hydrogen-bond acceptors (Lipinski definition) is 5. The van der Waals surface area contributed by atoms with Crippen molar-refractivity contribution in [3.8, 4) is 0 Å². The maximum Gasteiger partial charge on any atom is 0.243 e. The van der Waals surface area contributed by atoms with E-state index in [1.54, 1.807) is 24.3 Å². The van der Waals surface area contributed by atoms with Crippen LogP contribution in [0.15, 0.2) is 57.9 Å². The maximum atomic E-state index is 13.3. The van der Waals surface area contributed by atoms with Crippen LogP contribution in [0.2, 0.25) is 0 Å². The molecule has 0 unspecified atom stereocenters. The van der Waals surface area contributed by atoms with E-state index in [1.165, 1.54) is 4.31 Å². The molecule has 1 aliphatic rings. The number of nitrogens with zero attached hydrogens (tertiary/aromatic N) is 2. The molecule has 0 aromatic heterocycles. The summed E-state index contributed by atoms with van der Waals surface area (Å²) in [5, 5.41) is 2.87. The van der Waals surface area contributed by atoms with E-state index in [1.807, 2.05) is 31.2 Å². The van der Waals surface area contributed by atoms with Gasteiger partial charge in [0.1, 0.15) is 0 Å². The molecule has 32 heavy (non-hydrogen) atoms. The number of carbonyl (C=O) groups excluding carboxylic acids is 1. The van der Waals surface area contributed by atoms with Gasteiger partial charge in [-0.1, -0.05) is 45.8 Å². The Morgan fingerprint density at radius 2 is 1.75 bits per heavy atom. The molecule has 1 aliphatic heterocycles. The van der Waals surface area contributed by atoms with Crippen LogP contribution in [0, 0.1) is 6.92 Å². The first-order valence-electron chi connectivity index (χ1n) is 10.7. The van der Waals surface area contributed by atoms with Gasteiger partial charge in [0, 0.05) is 30.7 Å². The minimum Gasteiger partial charge on any atom is -0.379 e. The molecule has 0 spiro atoms. The molecular weight excluding hydrogens is 494 g/mol. The summed E-state index contributed by atoms with van der Waals surface area (Å²) in [6.07, 6.45) is 0.809. The molecule has 1 fully saturated rings. The Hall–Kier alpha value is -1.78. The Balaban J connectivity index is 1.64. The zero-order valence-electron chi connectivity index (χ0n) is 18.3. The summed E-state index contributed by atoms with van der Waals surface area (Å²) in [5.74, 6) is -0.306. The predicted octanol–water partition coefficient (Wildman–Crippen LogP) is 2.79. The van der Waals surface area contributed by atoms with Crippen LogP contribution >= 0.6 is 15.9 Å². The van der Waals surface area contributed by atoms with Gasteiger partial charge >= 0.3 is 0 Å². The summed E-state index contributed by atoms with van der Waals surface area (Å²) < 4.78 is 34.1. The fraction of sp³-hybridized carbons (Fsp3) is 0.435. The van der Waals surface area contributed by atoms with Crippen LogP contribution in [0.25, 0.3) is 0 Å². The van der Waals surface area contributed by atoms with E-state index in [9.17, 15) is 13.2 Å². The first-order chi connectivity index (χ1) is 15.3. The van der Waals surface area contributed by atoms with Crippen molar-refractivity contribution in [2.75, 3.05) is 45.9 Å². The van der Waals surface area contributed by atoms with E-state index in [0.717, 1.165) is 54.9 Å². The molecule has 0 bridgehead atoms. The molecule has 3 rings (SSSR count). The Kier molecular flexibility index (Phi) is 9.24. The average molecular weight is 524 g/mol. The largest absolute Gasteiger partial charge is 0.379 e. The SMILES string of the molecule is Cc1ccc(S(=O)(=O)N(CC(=O)NCCCN2CCOCC2)Cc2ccc(Br)cc2)cc1. The van der Waals surface area contributed by atoms with Gasteiger partial charge in [-0.15, -0.1) is 0 Å². The monoisotopic (exact) mass is 523 g/mol. The van der Waals surface area contributed by atoms with Gasteiger partial charge in [-0.2, -0.15) is 4.31 Å². The van der Waals surface area contributed by atoms with Gasteiger partial charge in [-0.3, -0.25) is 9.69 Å². The van der Waals surface area contributed by atoms with Gasteiger partial charge in [-0.25, -0.2) is 8.42 Å². The highest BCUT2D eigenvalue weighted by Crippen LogP contribution is 2.20. The van der Waals surface area contributed by atoms with E-state index in [-0.39, 0.29) is 23.9 Å². The lowest BCUT2D eigenvalue weighted by Crippen LogP contribution is -2.41. The second-order valence-corrected chi connectivity index (χ2v) is 10.7. The van der Waals surface area contributed by atoms with E-state index in [2.05, 4.69) is 26.1 Å². The fourth-order valence-corrected chi connectivity index (χ4v) is 5.10. The second kappa shape index (κ2) is 11.9. The van der Waals surface area contributed by atoms with Gasteiger partial charge in [0.2, 0.25) is 15.9 Å². The van der Waals surface area contributed by atoms with E-state index >= 15 is 0 Å². The average Bonchev–Trinajstić information content (AvgIpc) is 2.79. The summed E-state index contributed by atoms with van der Waals surface area (Å²) in [6.45, 7) is 6.48. The molecule has 1 heterocycles. The van der Waals surface area contributed by atoms with Gasteiger partial charge < -0.3 is 10.1 Å². The standard InChI is InChI=1S/C23H30BrN3O4S/c1-19-3-9-22(10-4-19)32(29,30)27(17-20-5-7-21(24)8-6-20)18-23(28)25-11-2-12-26-13-15-31-16-14-26/h3-10H,2,11-18H2,1H3,(H,25,28). The molecule has 0 aliphatic carbocycles. The molecule has 0 saturated carbocycles. The summed E-state index contributed by atoms with van der Waals surface area (Å²) in [6, 6.07) is 14.1.